The summed E-state index contributed by atoms with van der Waals surface area (Å²) in [4.78, 5) is 14.5. The van der Waals surface area contributed by atoms with Gasteiger partial charge in [-0.2, -0.15) is 8.78 Å². The Morgan fingerprint density at radius 1 is 1.19 bits per heavy atom. The summed E-state index contributed by atoms with van der Waals surface area (Å²) in [7, 11) is 0. The summed E-state index contributed by atoms with van der Waals surface area (Å²) >= 11 is 0. The molecule has 0 spiro atoms. The smallest absolute Gasteiger partial charge is 0.387 e. The number of alkyl halides is 2. The van der Waals surface area contributed by atoms with Gasteiger partial charge in [0, 0.05) is 23.7 Å². The molecule has 2 aliphatic rings. The molecule has 0 radical (unpaired) electrons. The minimum absolute atomic E-state index is 0.0435. The van der Waals surface area contributed by atoms with Crippen LogP contribution in [0, 0.1) is 0 Å². The normalized spacial score (nSPS) is 28.0. The first-order chi connectivity index (χ1) is 10.0. The lowest BCUT2D eigenvalue weighted by molar-refractivity contribution is -0.0498. The Morgan fingerprint density at radius 3 is 2.29 bits per heavy atom. The van der Waals surface area contributed by atoms with Gasteiger partial charge in [0.1, 0.15) is 5.75 Å². The molecule has 0 aliphatic carbocycles. The fraction of sp³-hybridized carbons (Fsp3) is 0.533. The summed E-state index contributed by atoms with van der Waals surface area (Å²) < 4.78 is 28.5. The molecule has 2 atom stereocenters. The standard InChI is InChI=1S/C15H18F2N2O2/c16-15(17)21-13-5-1-9(2-6-13)14(20)19-11-3-4-12(19)8-10(18)7-11/h1-2,5-6,10-12,15H,3-4,7-8,18H2. The molecule has 1 amide bonds. The molecule has 2 saturated heterocycles. The third-order valence-corrected chi connectivity index (χ3v) is 4.33. The van der Waals surface area contributed by atoms with E-state index in [2.05, 4.69) is 4.74 Å². The molecule has 2 fully saturated rings. The summed E-state index contributed by atoms with van der Waals surface area (Å²) in [6.07, 6.45) is 3.68. The number of hydrogen-bond donors (Lipinski definition) is 1. The monoisotopic (exact) mass is 296 g/mol. The number of carbonyl (C=O) groups is 1. The van der Waals surface area contributed by atoms with Crippen molar-refractivity contribution in [3.63, 3.8) is 0 Å². The highest BCUT2D eigenvalue weighted by atomic mass is 19.3. The second-order valence-corrected chi connectivity index (χ2v) is 5.73. The van der Waals surface area contributed by atoms with Gasteiger partial charge < -0.3 is 15.4 Å². The lowest BCUT2D eigenvalue weighted by Gasteiger charge is -2.37. The lowest BCUT2D eigenvalue weighted by atomic mass is 9.97. The molecule has 2 bridgehead atoms. The number of hydrogen-bond acceptors (Lipinski definition) is 3. The van der Waals surface area contributed by atoms with Gasteiger partial charge >= 0.3 is 6.61 Å². The van der Waals surface area contributed by atoms with Crippen molar-refractivity contribution in [2.45, 2.75) is 50.4 Å². The molecular weight excluding hydrogens is 278 g/mol. The molecule has 0 aromatic heterocycles. The Labute approximate surface area is 121 Å². The third kappa shape index (κ3) is 2.85. The fourth-order valence-corrected chi connectivity index (χ4v) is 3.48. The number of rotatable bonds is 3. The minimum atomic E-state index is -2.86. The van der Waals surface area contributed by atoms with E-state index in [4.69, 9.17) is 5.73 Å². The van der Waals surface area contributed by atoms with Crippen LogP contribution in [-0.2, 0) is 0 Å². The zero-order valence-corrected chi connectivity index (χ0v) is 11.5. The minimum Gasteiger partial charge on any atom is -0.435 e. The van der Waals surface area contributed by atoms with Crippen molar-refractivity contribution < 1.29 is 18.3 Å². The van der Waals surface area contributed by atoms with Crippen LogP contribution in [0.1, 0.15) is 36.0 Å². The van der Waals surface area contributed by atoms with E-state index in [1.54, 1.807) is 0 Å². The molecule has 114 valence electrons. The lowest BCUT2D eigenvalue weighted by Crippen LogP contribution is -2.50. The molecule has 2 N–H and O–H groups in total. The van der Waals surface area contributed by atoms with Crippen molar-refractivity contribution in [1.29, 1.82) is 0 Å². The quantitative estimate of drug-likeness (QED) is 0.931. The highest BCUT2D eigenvalue weighted by Crippen LogP contribution is 2.36. The number of fused-ring (bicyclic) bond motifs is 2. The van der Waals surface area contributed by atoms with Gasteiger partial charge in [-0.05, 0) is 49.9 Å². The Balaban J connectivity index is 1.73. The maximum absolute atomic E-state index is 12.6. The SMILES string of the molecule is NC1CC2CCC(C1)N2C(=O)c1ccc(OC(F)F)cc1. The van der Waals surface area contributed by atoms with Crippen LogP contribution >= 0.6 is 0 Å². The van der Waals surface area contributed by atoms with Crippen LogP contribution in [0.2, 0.25) is 0 Å². The van der Waals surface area contributed by atoms with Gasteiger partial charge in [0.15, 0.2) is 0 Å². The highest BCUT2D eigenvalue weighted by Gasteiger charge is 2.42. The van der Waals surface area contributed by atoms with E-state index in [0.29, 0.717) is 5.56 Å². The molecule has 1 aromatic rings. The van der Waals surface area contributed by atoms with Gasteiger partial charge in [-0.25, -0.2) is 0 Å². The van der Waals surface area contributed by atoms with Crippen molar-refractivity contribution in [1.82, 2.24) is 4.90 Å². The predicted molar refractivity (Wildman–Crippen MR) is 73.3 cm³/mol. The molecule has 0 saturated carbocycles. The maximum atomic E-state index is 12.6. The van der Waals surface area contributed by atoms with Crippen LogP contribution in [0.4, 0.5) is 8.78 Å². The predicted octanol–water partition coefficient (Wildman–Crippen LogP) is 2.38. The van der Waals surface area contributed by atoms with E-state index in [0.717, 1.165) is 25.7 Å². The van der Waals surface area contributed by atoms with E-state index in [1.165, 1.54) is 24.3 Å². The third-order valence-electron chi connectivity index (χ3n) is 4.33. The van der Waals surface area contributed by atoms with Gasteiger partial charge in [0.25, 0.3) is 5.91 Å². The number of carbonyl (C=O) groups excluding carboxylic acids is 1. The van der Waals surface area contributed by atoms with Gasteiger partial charge in [-0.3, -0.25) is 4.79 Å². The van der Waals surface area contributed by atoms with Crippen LogP contribution in [0.15, 0.2) is 24.3 Å². The average Bonchev–Trinajstić information content (AvgIpc) is 2.70. The summed E-state index contributed by atoms with van der Waals surface area (Å²) in [5.41, 5.74) is 6.50. The topological polar surface area (TPSA) is 55.6 Å². The molecule has 21 heavy (non-hydrogen) atoms. The Bertz CT molecular complexity index is 507. The molecule has 3 rings (SSSR count). The second kappa shape index (κ2) is 5.60. The molecule has 4 nitrogen and oxygen atoms in total. The second-order valence-electron chi connectivity index (χ2n) is 5.73. The number of amides is 1. The number of benzene rings is 1. The Kier molecular flexibility index (Phi) is 3.80. The first-order valence-electron chi connectivity index (χ1n) is 7.17. The molecule has 2 heterocycles. The van der Waals surface area contributed by atoms with Crippen LogP contribution in [0.3, 0.4) is 0 Å². The fourth-order valence-electron chi connectivity index (χ4n) is 3.48. The van der Waals surface area contributed by atoms with Crippen molar-refractivity contribution in [2.75, 3.05) is 0 Å². The molecule has 2 aliphatic heterocycles. The van der Waals surface area contributed by atoms with E-state index < -0.39 is 6.61 Å². The van der Waals surface area contributed by atoms with Crippen LogP contribution in [0.25, 0.3) is 0 Å². The van der Waals surface area contributed by atoms with Crippen LogP contribution < -0.4 is 10.5 Å². The number of piperidine rings is 1. The number of nitrogens with zero attached hydrogens (tertiary/aromatic N) is 1. The van der Waals surface area contributed by atoms with Crippen molar-refractivity contribution >= 4 is 5.91 Å². The first-order valence-corrected chi connectivity index (χ1v) is 7.17. The zero-order chi connectivity index (χ0) is 15.0. The van der Waals surface area contributed by atoms with E-state index in [1.807, 2.05) is 4.90 Å². The number of ether oxygens (including phenoxy) is 1. The van der Waals surface area contributed by atoms with E-state index in [-0.39, 0.29) is 29.8 Å². The van der Waals surface area contributed by atoms with E-state index in [9.17, 15) is 13.6 Å². The summed E-state index contributed by atoms with van der Waals surface area (Å²) in [5, 5.41) is 0. The van der Waals surface area contributed by atoms with Crippen LogP contribution in [-0.4, -0.2) is 35.5 Å². The Hall–Kier alpha value is -1.69. The van der Waals surface area contributed by atoms with Gasteiger partial charge in [-0.1, -0.05) is 0 Å². The van der Waals surface area contributed by atoms with Crippen molar-refractivity contribution in [2.24, 2.45) is 5.73 Å². The molecular formula is C15H18F2N2O2. The van der Waals surface area contributed by atoms with E-state index >= 15 is 0 Å². The van der Waals surface area contributed by atoms with Crippen LogP contribution in [0.5, 0.6) is 5.75 Å². The number of halogens is 2. The largest absolute Gasteiger partial charge is 0.435 e. The maximum Gasteiger partial charge on any atom is 0.387 e. The number of nitrogens with two attached hydrogens (primary N) is 1. The summed E-state index contributed by atoms with van der Waals surface area (Å²) in [5.74, 6) is 0.0168. The van der Waals surface area contributed by atoms with Crippen molar-refractivity contribution in [3.8, 4) is 5.75 Å². The average molecular weight is 296 g/mol. The van der Waals surface area contributed by atoms with Crippen molar-refractivity contribution in [3.05, 3.63) is 29.8 Å². The Morgan fingerprint density at radius 2 is 1.76 bits per heavy atom. The zero-order valence-electron chi connectivity index (χ0n) is 11.5. The van der Waals surface area contributed by atoms with Gasteiger partial charge in [0.05, 0.1) is 0 Å². The summed E-state index contributed by atoms with van der Waals surface area (Å²) in [6, 6.07) is 6.47. The van der Waals surface area contributed by atoms with Gasteiger partial charge in [-0.15, -0.1) is 0 Å². The molecule has 2 unspecified atom stereocenters. The molecule has 1 aromatic carbocycles. The summed E-state index contributed by atoms with van der Waals surface area (Å²) in [6.45, 7) is -2.86. The van der Waals surface area contributed by atoms with Gasteiger partial charge in [0.2, 0.25) is 0 Å². The molecule has 6 heteroatoms. The highest BCUT2D eigenvalue weighted by molar-refractivity contribution is 5.95. The first kappa shape index (κ1) is 14.3.